The molecule has 1 heterocycles. The lowest BCUT2D eigenvalue weighted by Crippen LogP contribution is -2.55. The molecule has 2 aliphatic rings. The maximum absolute atomic E-state index is 12.4. The molecule has 6 heteroatoms. The minimum absolute atomic E-state index is 0.0299. The molecule has 1 saturated carbocycles. The normalized spacial score (nSPS) is 19.0. The van der Waals surface area contributed by atoms with Gasteiger partial charge in [0.15, 0.2) is 0 Å². The number of hydrogen-bond donors (Lipinski definition) is 0. The monoisotopic (exact) mass is 348 g/mol. The SMILES string of the molecule is COc1cccc(SCC(=O)N2CCN(C3CCCC3)C(=O)C2)c1. The molecule has 24 heavy (non-hydrogen) atoms. The number of nitrogens with zero attached hydrogens (tertiary/aromatic N) is 2. The van der Waals surface area contributed by atoms with Crippen molar-refractivity contribution in [1.29, 1.82) is 0 Å². The molecule has 1 aliphatic heterocycles. The molecular weight excluding hydrogens is 324 g/mol. The van der Waals surface area contributed by atoms with Crippen molar-refractivity contribution in [2.24, 2.45) is 0 Å². The number of methoxy groups -OCH3 is 1. The van der Waals surface area contributed by atoms with Crippen molar-refractivity contribution in [2.75, 3.05) is 32.5 Å². The second kappa shape index (κ2) is 7.92. The van der Waals surface area contributed by atoms with Crippen molar-refractivity contribution in [2.45, 2.75) is 36.6 Å². The van der Waals surface area contributed by atoms with Gasteiger partial charge in [-0.25, -0.2) is 0 Å². The predicted octanol–water partition coefficient (Wildman–Crippen LogP) is 2.40. The third-order valence-corrected chi connectivity index (χ3v) is 5.76. The number of rotatable bonds is 5. The topological polar surface area (TPSA) is 49.9 Å². The van der Waals surface area contributed by atoms with Gasteiger partial charge in [0.05, 0.1) is 19.4 Å². The molecule has 0 bridgehead atoms. The molecule has 2 amide bonds. The van der Waals surface area contributed by atoms with E-state index in [1.54, 1.807) is 12.0 Å². The van der Waals surface area contributed by atoms with Gasteiger partial charge in [-0.2, -0.15) is 0 Å². The molecule has 2 fully saturated rings. The molecule has 0 unspecified atom stereocenters. The van der Waals surface area contributed by atoms with Gasteiger partial charge < -0.3 is 14.5 Å². The fourth-order valence-corrected chi connectivity index (χ4v) is 4.28. The zero-order valence-corrected chi connectivity index (χ0v) is 14.9. The van der Waals surface area contributed by atoms with Crippen molar-refractivity contribution in [3.05, 3.63) is 24.3 Å². The molecule has 1 saturated heterocycles. The smallest absolute Gasteiger partial charge is 0.242 e. The number of ether oxygens (including phenoxy) is 1. The van der Waals surface area contributed by atoms with Crippen LogP contribution in [0.25, 0.3) is 0 Å². The van der Waals surface area contributed by atoms with Crippen molar-refractivity contribution in [3.63, 3.8) is 0 Å². The first-order valence-electron chi connectivity index (χ1n) is 8.51. The van der Waals surface area contributed by atoms with Crippen molar-refractivity contribution in [1.82, 2.24) is 9.80 Å². The molecule has 1 aromatic carbocycles. The summed E-state index contributed by atoms with van der Waals surface area (Å²) >= 11 is 1.48. The summed E-state index contributed by atoms with van der Waals surface area (Å²) in [6, 6.07) is 8.08. The molecule has 5 nitrogen and oxygen atoms in total. The Balaban J connectivity index is 1.50. The Hall–Kier alpha value is -1.69. The van der Waals surface area contributed by atoms with Gasteiger partial charge in [-0.15, -0.1) is 11.8 Å². The number of piperazine rings is 1. The summed E-state index contributed by atoms with van der Waals surface area (Å²) in [6.07, 6.45) is 4.67. The van der Waals surface area contributed by atoms with Crippen molar-refractivity contribution in [3.8, 4) is 5.75 Å². The number of carbonyl (C=O) groups excluding carboxylic acids is 2. The minimum atomic E-state index is 0.0299. The molecular formula is C18H24N2O3S. The fourth-order valence-electron chi connectivity index (χ4n) is 3.43. The summed E-state index contributed by atoms with van der Waals surface area (Å²) < 4.78 is 5.19. The minimum Gasteiger partial charge on any atom is -0.497 e. The highest BCUT2D eigenvalue weighted by Gasteiger charge is 2.32. The molecule has 130 valence electrons. The van der Waals surface area contributed by atoms with E-state index < -0.39 is 0 Å². The zero-order chi connectivity index (χ0) is 16.9. The van der Waals surface area contributed by atoms with Gasteiger partial charge in [-0.1, -0.05) is 18.9 Å². The lowest BCUT2D eigenvalue weighted by atomic mass is 10.1. The Morgan fingerprint density at radius 3 is 2.79 bits per heavy atom. The van der Waals surface area contributed by atoms with Gasteiger partial charge in [0.2, 0.25) is 11.8 Å². The van der Waals surface area contributed by atoms with Crippen molar-refractivity contribution >= 4 is 23.6 Å². The van der Waals surface area contributed by atoms with Crippen LogP contribution >= 0.6 is 11.8 Å². The van der Waals surface area contributed by atoms with E-state index in [0.29, 0.717) is 24.9 Å². The number of benzene rings is 1. The van der Waals surface area contributed by atoms with Crippen LogP contribution in [0.3, 0.4) is 0 Å². The summed E-state index contributed by atoms with van der Waals surface area (Å²) in [5.41, 5.74) is 0. The van der Waals surface area contributed by atoms with Crippen molar-refractivity contribution < 1.29 is 14.3 Å². The van der Waals surface area contributed by atoms with Crippen LogP contribution in [-0.2, 0) is 9.59 Å². The Morgan fingerprint density at radius 1 is 1.29 bits per heavy atom. The second-order valence-corrected chi connectivity index (χ2v) is 7.36. The Morgan fingerprint density at radius 2 is 2.08 bits per heavy atom. The predicted molar refractivity (Wildman–Crippen MR) is 94.3 cm³/mol. The number of amides is 2. The first kappa shape index (κ1) is 17.1. The molecule has 0 spiro atoms. The summed E-state index contributed by atoms with van der Waals surface area (Å²) in [4.78, 5) is 29.5. The standard InChI is InChI=1S/C18H24N2O3S/c1-23-15-7-4-8-16(11-15)24-13-18(22)19-9-10-20(17(21)12-19)14-5-2-3-6-14/h4,7-8,11,14H,2-3,5-6,9-10,12-13H2,1H3. The summed E-state index contributed by atoms with van der Waals surface area (Å²) in [5, 5.41) is 0. The summed E-state index contributed by atoms with van der Waals surface area (Å²) in [5.74, 6) is 1.27. The first-order chi connectivity index (χ1) is 11.7. The average Bonchev–Trinajstić information content (AvgIpc) is 3.14. The van der Waals surface area contributed by atoms with Gasteiger partial charge in [0.1, 0.15) is 5.75 Å². The quantitative estimate of drug-likeness (QED) is 0.767. The molecule has 0 aromatic heterocycles. The van der Waals surface area contributed by atoms with Crippen LogP contribution < -0.4 is 4.74 Å². The molecule has 0 N–H and O–H groups in total. The third-order valence-electron chi connectivity index (χ3n) is 4.78. The summed E-state index contributed by atoms with van der Waals surface area (Å²) in [7, 11) is 1.63. The molecule has 3 rings (SSSR count). The van der Waals surface area contributed by atoms with Crippen LogP contribution in [0.4, 0.5) is 0 Å². The highest BCUT2D eigenvalue weighted by molar-refractivity contribution is 8.00. The molecule has 1 aliphatic carbocycles. The maximum Gasteiger partial charge on any atom is 0.242 e. The number of thioether (sulfide) groups is 1. The van der Waals surface area contributed by atoms with E-state index in [1.807, 2.05) is 29.2 Å². The van der Waals surface area contributed by atoms with Crippen LogP contribution in [0.5, 0.6) is 5.75 Å². The largest absolute Gasteiger partial charge is 0.497 e. The Kier molecular flexibility index (Phi) is 5.66. The average molecular weight is 348 g/mol. The zero-order valence-electron chi connectivity index (χ0n) is 14.1. The van der Waals surface area contributed by atoms with E-state index in [0.717, 1.165) is 23.5 Å². The van der Waals surface area contributed by atoms with Gasteiger partial charge in [0, 0.05) is 24.0 Å². The molecule has 0 radical (unpaired) electrons. The van der Waals surface area contributed by atoms with E-state index in [1.165, 1.54) is 24.6 Å². The van der Waals surface area contributed by atoms with E-state index in [4.69, 9.17) is 4.74 Å². The van der Waals surface area contributed by atoms with Crippen LogP contribution in [0.1, 0.15) is 25.7 Å². The van der Waals surface area contributed by atoms with E-state index in [2.05, 4.69) is 0 Å². The lowest BCUT2D eigenvalue weighted by Gasteiger charge is -2.37. The van der Waals surface area contributed by atoms with E-state index in [-0.39, 0.29) is 18.4 Å². The second-order valence-electron chi connectivity index (χ2n) is 6.31. The van der Waals surface area contributed by atoms with Crippen LogP contribution in [-0.4, -0.2) is 60.2 Å². The number of carbonyl (C=O) groups is 2. The van der Waals surface area contributed by atoms with Crippen LogP contribution in [0, 0.1) is 0 Å². The molecule has 1 aromatic rings. The maximum atomic E-state index is 12.4. The first-order valence-corrected chi connectivity index (χ1v) is 9.50. The van der Waals surface area contributed by atoms with Crippen LogP contribution in [0.2, 0.25) is 0 Å². The highest BCUT2D eigenvalue weighted by atomic mass is 32.2. The third kappa shape index (κ3) is 4.04. The Bertz CT molecular complexity index is 602. The van der Waals surface area contributed by atoms with Gasteiger partial charge in [-0.05, 0) is 31.0 Å². The lowest BCUT2D eigenvalue weighted by molar-refractivity contribution is -0.145. The summed E-state index contributed by atoms with van der Waals surface area (Å²) in [6.45, 7) is 1.56. The van der Waals surface area contributed by atoms with E-state index in [9.17, 15) is 9.59 Å². The van der Waals surface area contributed by atoms with Gasteiger partial charge >= 0.3 is 0 Å². The molecule has 0 atom stereocenters. The van der Waals surface area contributed by atoms with Crippen LogP contribution in [0.15, 0.2) is 29.2 Å². The van der Waals surface area contributed by atoms with Gasteiger partial charge in [0.25, 0.3) is 0 Å². The Labute approximate surface area is 147 Å². The van der Waals surface area contributed by atoms with Gasteiger partial charge in [-0.3, -0.25) is 9.59 Å². The fraction of sp³-hybridized carbons (Fsp3) is 0.556. The highest BCUT2D eigenvalue weighted by Crippen LogP contribution is 2.26. The number of hydrogen-bond acceptors (Lipinski definition) is 4. The van der Waals surface area contributed by atoms with E-state index >= 15 is 0 Å².